The highest BCUT2D eigenvalue weighted by atomic mass is 35.5. The Hall–Kier alpha value is -0.650. The minimum Gasteiger partial charge on any atom is -0.192 e. The first kappa shape index (κ1) is 11.4. The lowest BCUT2D eigenvalue weighted by Gasteiger charge is -2.09. The number of hydrogen-bond donors (Lipinski definition) is 0. The van der Waals surface area contributed by atoms with Crippen molar-refractivity contribution in [3.05, 3.63) is 28.8 Å². The van der Waals surface area contributed by atoms with Crippen molar-refractivity contribution in [2.24, 2.45) is 0 Å². The van der Waals surface area contributed by atoms with E-state index in [4.69, 9.17) is 16.9 Å². The van der Waals surface area contributed by atoms with Crippen molar-refractivity contribution >= 4 is 23.4 Å². The van der Waals surface area contributed by atoms with Crippen molar-refractivity contribution in [1.82, 2.24) is 0 Å². The highest BCUT2D eigenvalue weighted by Crippen LogP contribution is 2.31. The van der Waals surface area contributed by atoms with Crippen LogP contribution in [0, 0.1) is 11.3 Å². The topological polar surface area (TPSA) is 23.8 Å². The van der Waals surface area contributed by atoms with E-state index in [1.54, 1.807) is 23.9 Å². The summed E-state index contributed by atoms with van der Waals surface area (Å²) in [6, 6.07) is 7.50. The van der Waals surface area contributed by atoms with Gasteiger partial charge in [-0.1, -0.05) is 25.4 Å². The Balaban J connectivity index is 2.85. The summed E-state index contributed by atoms with van der Waals surface area (Å²) in [6.07, 6.45) is 1.11. The highest BCUT2D eigenvalue weighted by molar-refractivity contribution is 8.00. The minimum atomic E-state index is 0.556. The van der Waals surface area contributed by atoms with E-state index in [-0.39, 0.29) is 0 Å². The van der Waals surface area contributed by atoms with Crippen LogP contribution < -0.4 is 0 Å². The first-order valence-corrected chi connectivity index (χ1v) is 5.79. The fourth-order valence-corrected chi connectivity index (χ4v) is 2.20. The molecule has 0 bridgehead atoms. The molecular formula is C11H12ClNS. The number of benzene rings is 1. The molecule has 0 saturated heterocycles. The van der Waals surface area contributed by atoms with Gasteiger partial charge in [0.05, 0.1) is 16.7 Å². The molecule has 0 amide bonds. The van der Waals surface area contributed by atoms with Gasteiger partial charge in [0.2, 0.25) is 0 Å². The molecular weight excluding hydrogens is 214 g/mol. The van der Waals surface area contributed by atoms with Gasteiger partial charge in [-0.2, -0.15) is 5.26 Å². The van der Waals surface area contributed by atoms with Crippen molar-refractivity contribution in [1.29, 1.82) is 5.26 Å². The molecule has 0 N–H and O–H groups in total. The molecule has 1 rings (SSSR count). The average Bonchev–Trinajstić information content (AvgIpc) is 2.20. The second kappa shape index (κ2) is 5.29. The van der Waals surface area contributed by atoms with E-state index in [1.807, 2.05) is 6.07 Å². The zero-order chi connectivity index (χ0) is 10.6. The van der Waals surface area contributed by atoms with Gasteiger partial charge in [-0.05, 0) is 24.6 Å². The van der Waals surface area contributed by atoms with Crippen LogP contribution in [0.1, 0.15) is 25.8 Å². The minimum absolute atomic E-state index is 0.556. The zero-order valence-corrected chi connectivity index (χ0v) is 9.82. The lowest BCUT2D eigenvalue weighted by molar-refractivity contribution is 0.905. The molecule has 0 aliphatic carbocycles. The second-order valence-corrected chi connectivity index (χ2v) is 4.98. The summed E-state index contributed by atoms with van der Waals surface area (Å²) in [4.78, 5) is 1.06. The fraction of sp³-hybridized carbons (Fsp3) is 0.364. The van der Waals surface area contributed by atoms with E-state index < -0.39 is 0 Å². The number of nitriles is 1. The third kappa shape index (κ3) is 2.94. The summed E-state index contributed by atoms with van der Waals surface area (Å²) in [5.41, 5.74) is 0.614. The van der Waals surface area contributed by atoms with E-state index in [0.717, 1.165) is 11.3 Å². The van der Waals surface area contributed by atoms with Crippen LogP contribution in [-0.2, 0) is 0 Å². The largest absolute Gasteiger partial charge is 0.192 e. The van der Waals surface area contributed by atoms with Crippen LogP contribution in [0.2, 0.25) is 5.02 Å². The normalized spacial score (nSPS) is 12.1. The molecule has 1 aromatic carbocycles. The van der Waals surface area contributed by atoms with Crippen LogP contribution in [-0.4, -0.2) is 5.25 Å². The van der Waals surface area contributed by atoms with Gasteiger partial charge >= 0.3 is 0 Å². The Labute approximate surface area is 94.1 Å². The predicted molar refractivity (Wildman–Crippen MR) is 61.8 cm³/mol. The summed E-state index contributed by atoms with van der Waals surface area (Å²) in [5, 5.41) is 9.90. The van der Waals surface area contributed by atoms with Crippen molar-refractivity contribution < 1.29 is 0 Å². The van der Waals surface area contributed by atoms with E-state index in [0.29, 0.717) is 15.8 Å². The zero-order valence-electron chi connectivity index (χ0n) is 8.25. The van der Waals surface area contributed by atoms with Crippen LogP contribution in [0.25, 0.3) is 0 Å². The fourth-order valence-electron chi connectivity index (χ4n) is 0.966. The molecule has 0 saturated carbocycles. The van der Waals surface area contributed by atoms with Gasteiger partial charge in [0, 0.05) is 10.1 Å². The maximum atomic E-state index is 8.67. The Morgan fingerprint density at radius 2 is 2.29 bits per heavy atom. The number of nitrogens with zero attached hydrogens (tertiary/aromatic N) is 1. The maximum Gasteiger partial charge on any atom is 0.0992 e. The quantitative estimate of drug-likeness (QED) is 0.724. The van der Waals surface area contributed by atoms with E-state index in [2.05, 4.69) is 19.9 Å². The maximum absolute atomic E-state index is 8.67. The summed E-state index contributed by atoms with van der Waals surface area (Å²) in [5.74, 6) is 0. The van der Waals surface area contributed by atoms with Crippen molar-refractivity contribution in [2.45, 2.75) is 30.4 Å². The van der Waals surface area contributed by atoms with E-state index in [1.165, 1.54) is 0 Å². The number of thioether (sulfide) groups is 1. The molecule has 0 aliphatic rings. The lowest BCUT2D eigenvalue weighted by atomic mass is 10.2. The van der Waals surface area contributed by atoms with Crippen molar-refractivity contribution in [2.75, 3.05) is 0 Å². The van der Waals surface area contributed by atoms with Crippen molar-refractivity contribution in [3.63, 3.8) is 0 Å². The molecule has 0 aromatic heterocycles. The number of hydrogen-bond acceptors (Lipinski definition) is 2. The van der Waals surface area contributed by atoms with Gasteiger partial charge < -0.3 is 0 Å². The number of rotatable bonds is 3. The SMILES string of the molecule is CCC(C)Sc1ccc(C#N)cc1Cl. The third-order valence-electron chi connectivity index (χ3n) is 1.96. The molecule has 0 fully saturated rings. The molecule has 0 spiro atoms. The van der Waals surface area contributed by atoms with Crippen molar-refractivity contribution in [3.8, 4) is 6.07 Å². The Morgan fingerprint density at radius 1 is 1.57 bits per heavy atom. The molecule has 1 atom stereocenters. The van der Waals surface area contributed by atoms with Crippen LogP contribution in [0.5, 0.6) is 0 Å². The molecule has 1 nitrogen and oxygen atoms in total. The summed E-state index contributed by atoms with van der Waals surface area (Å²) < 4.78 is 0. The van der Waals surface area contributed by atoms with Crippen LogP contribution >= 0.6 is 23.4 Å². The molecule has 74 valence electrons. The monoisotopic (exact) mass is 225 g/mol. The van der Waals surface area contributed by atoms with Crippen LogP contribution in [0.15, 0.2) is 23.1 Å². The molecule has 0 aliphatic heterocycles. The van der Waals surface area contributed by atoms with E-state index in [9.17, 15) is 0 Å². The van der Waals surface area contributed by atoms with Gasteiger partial charge in [-0.3, -0.25) is 0 Å². The van der Waals surface area contributed by atoms with Crippen LogP contribution in [0.4, 0.5) is 0 Å². The second-order valence-electron chi connectivity index (χ2n) is 3.09. The predicted octanol–water partition coefficient (Wildman–Crippen LogP) is 4.10. The van der Waals surface area contributed by atoms with Gasteiger partial charge in [-0.25, -0.2) is 0 Å². The molecule has 0 radical (unpaired) electrons. The Kier molecular flexibility index (Phi) is 4.31. The number of halogens is 1. The van der Waals surface area contributed by atoms with Gasteiger partial charge in [0.25, 0.3) is 0 Å². The third-order valence-corrected chi connectivity index (χ3v) is 3.73. The summed E-state index contributed by atoms with van der Waals surface area (Å²) >= 11 is 7.79. The molecule has 1 unspecified atom stereocenters. The first-order chi connectivity index (χ1) is 6.67. The van der Waals surface area contributed by atoms with E-state index >= 15 is 0 Å². The van der Waals surface area contributed by atoms with Crippen LogP contribution in [0.3, 0.4) is 0 Å². The molecule has 3 heteroatoms. The first-order valence-electron chi connectivity index (χ1n) is 4.53. The lowest BCUT2D eigenvalue weighted by Crippen LogP contribution is -1.92. The highest BCUT2D eigenvalue weighted by Gasteiger charge is 2.06. The smallest absolute Gasteiger partial charge is 0.0992 e. The molecule has 14 heavy (non-hydrogen) atoms. The summed E-state index contributed by atoms with van der Waals surface area (Å²) in [6.45, 7) is 4.31. The molecule has 0 heterocycles. The van der Waals surface area contributed by atoms with Gasteiger partial charge in [-0.15, -0.1) is 11.8 Å². The Bertz CT molecular complexity index is 357. The average molecular weight is 226 g/mol. The van der Waals surface area contributed by atoms with Gasteiger partial charge in [0.15, 0.2) is 0 Å². The Morgan fingerprint density at radius 3 is 2.79 bits per heavy atom. The standard InChI is InChI=1S/C11H12ClNS/c1-3-8(2)14-11-5-4-9(7-13)6-10(11)12/h4-6,8H,3H2,1-2H3. The van der Waals surface area contributed by atoms with Gasteiger partial charge in [0.1, 0.15) is 0 Å². The summed E-state index contributed by atoms with van der Waals surface area (Å²) in [7, 11) is 0. The molecule has 1 aromatic rings.